The minimum absolute atomic E-state index is 0.358. The highest BCUT2D eigenvalue weighted by atomic mass is 16.5. The minimum Gasteiger partial charge on any atom is -0.497 e. The molecular formula is C17H28N2O2. The van der Waals surface area contributed by atoms with E-state index < -0.39 is 0 Å². The molecule has 0 bridgehead atoms. The third-order valence-corrected chi connectivity index (χ3v) is 4.08. The van der Waals surface area contributed by atoms with Crippen LogP contribution in [-0.2, 0) is 4.74 Å². The highest BCUT2D eigenvalue weighted by Crippen LogP contribution is 2.20. The Morgan fingerprint density at radius 1 is 1.38 bits per heavy atom. The topological polar surface area (TPSA) is 33.7 Å². The van der Waals surface area contributed by atoms with E-state index in [-0.39, 0.29) is 0 Å². The molecule has 1 fully saturated rings. The van der Waals surface area contributed by atoms with Gasteiger partial charge in [0, 0.05) is 25.2 Å². The first-order valence-electron chi connectivity index (χ1n) is 7.93. The molecule has 0 saturated carbocycles. The van der Waals surface area contributed by atoms with E-state index in [0.717, 1.165) is 45.0 Å². The average molecular weight is 292 g/mol. The molecule has 4 heteroatoms. The van der Waals surface area contributed by atoms with Crippen molar-refractivity contribution in [1.29, 1.82) is 0 Å². The van der Waals surface area contributed by atoms with E-state index in [1.54, 1.807) is 7.11 Å². The molecule has 1 aliphatic rings. The molecule has 2 atom stereocenters. The Hall–Kier alpha value is -1.10. The lowest BCUT2D eigenvalue weighted by Gasteiger charge is -2.36. The Labute approximate surface area is 128 Å². The van der Waals surface area contributed by atoms with Gasteiger partial charge < -0.3 is 14.8 Å². The fourth-order valence-electron chi connectivity index (χ4n) is 2.71. The van der Waals surface area contributed by atoms with E-state index in [9.17, 15) is 0 Å². The van der Waals surface area contributed by atoms with Crippen LogP contribution in [-0.4, -0.2) is 50.9 Å². The maximum absolute atomic E-state index is 5.53. The predicted octanol–water partition coefficient (Wildman–Crippen LogP) is 2.46. The molecule has 0 amide bonds. The van der Waals surface area contributed by atoms with Crippen LogP contribution >= 0.6 is 0 Å². The third-order valence-electron chi connectivity index (χ3n) is 4.08. The smallest absolute Gasteiger partial charge is 0.118 e. The Morgan fingerprint density at radius 2 is 2.14 bits per heavy atom. The molecule has 1 aliphatic heterocycles. The Bertz CT molecular complexity index is 408. The molecule has 0 aromatic heterocycles. The monoisotopic (exact) mass is 292 g/mol. The Kier molecular flexibility index (Phi) is 6.49. The summed E-state index contributed by atoms with van der Waals surface area (Å²) in [7, 11) is 1.71. The first-order chi connectivity index (χ1) is 10.2. The summed E-state index contributed by atoms with van der Waals surface area (Å²) < 4.78 is 10.8. The second-order valence-corrected chi connectivity index (χ2v) is 5.70. The van der Waals surface area contributed by atoms with E-state index in [4.69, 9.17) is 9.47 Å². The molecule has 1 heterocycles. The van der Waals surface area contributed by atoms with Gasteiger partial charge in [0.1, 0.15) is 5.75 Å². The Morgan fingerprint density at radius 3 is 2.76 bits per heavy atom. The summed E-state index contributed by atoms with van der Waals surface area (Å²) in [5.74, 6) is 0.910. The number of rotatable bonds is 7. The van der Waals surface area contributed by atoms with E-state index in [2.05, 4.69) is 36.2 Å². The van der Waals surface area contributed by atoms with Gasteiger partial charge in [0.2, 0.25) is 0 Å². The summed E-state index contributed by atoms with van der Waals surface area (Å²) in [5.41, 5.74) is 1.32. The van der Waals surface area contributed by atoms with Crippen molar-refractivity contribution in [1.82, 2.24) is 10.2 Å². The molecule has 4 nitrogen and oxygen atoms in total. The maximum atomic E-state index is 5.53. The van der Waals surface area contributed by atoms with Gasteiger partial charge in [-0.15, -0.1) is 0 Å². The number of nitrogens with zero attached hydrogens (tertiary/aromatic N) is 1. The van der Waals surface area contributed by atoms with Gasteiger partial charge in [-0.2, -0.15) is 0 Å². The fourth-order valence-corrected chi connectivity index (χ4v) is 2.71. The van der Waals surface area contributed by atoms with Crippen LogP contribution in [0.25, 0.3) is 0 Å². The van der Waals surface area contributed by atoms with E-state index in [0.29, 0.717) is 12.1 Å². The lowest BCUT2D eigenvalue weighted by Crippen LogP contribution is -2.47. The lowest BCUT2D eigenvalue weighted by atomic mass is 10.0. The predicted molar refractivity (Wildman–Crippen MR) is 85.9 cm³/mol. The Balaban J connectivity index is 2.05. The first-order valence-corrected chi connectivity index (χ1v) is 7.93. The van der Waals surface area contributed by atoms with Crippen molar-refractivity contribution >= 4 is 0 Å². The highest BCUT2D eigenvalue weighted by molar-refractivity contribution is 5.29. The van der Waals surface area contributed by atoms with Gasteiger partial charge in [0.05, 0.1) is 20.3 Å². The fraction of sp³-hybridized carbons (Fsp3) is 0.647. The molecule has 0 aliphatic carbocycles. The zero-order chi connectivity index (χ0) is 15.1. The summed E-state index contributed by atoms with van der Waals surface area (Å²) in [6.45, 7) is 9.20. The van der Waals surface area contributed by atoms with Gasteiger partial charge >= 0.3 is 0 Å². The van der Waals surface area contributed by atoms with Crippen molar-refractivity contribution in [3.63, 3.8) is 0 Å². The van der Waals surface area contributed by atoms with Crippen molar-refractivity contribution in [3.8, 4) is 5.75 Å². The van der Waals surface area contributed by atoms with Crippen molar-refractivity contribution in [3.05, 3.63) is 29.8 Å². The molecule has 118 valence electrons. The van der Waals surface area contributed by atoms with Gasteiger partial charge in [-0.05, 0) is 37.6 Å². The number of benzene rings is 1. The zero-order valence-electron chi connectivity index (χ0n) is 13.5. The van der Waals surface area contributed by atoms with Gasteiger partial charge in [-0.1, -0.05) is 19.1 Å². The second kappa shape index (κ2) is 8.37. The number of hydrogen-bond donors (Lipinski definition) is 1. The zero-order valence-corrected chi connectivity index (χ0v) is 13.5. The van der Waals surface area contributed by atoms with Crippen LogP contribution in [0.1, 0.15) is 31.9 Å². The van der Waals surface area contributed by atoms with E-state index >= 15 is 0 Å². The van der Waals surface area contributed by atoms with Crippen LogP contribution in [0, 0.1) is 0 Å². The van der Waals surface area contributed by atoms with Gasteiger partial charge in [0.15, 0.2) is 0 Å². The lowest BCUT2D eigenvalue weighted by molar-refractivity contribution is -0.00448. The highest BCUT2D eigenvalue weighted by Gasteiger charge is 2.22. The van der Waals surface area contributed by atoms with Gasteiger partial charge in [-0.3, -0.25) is 4.90 Å². The third kappa shape index (κ3) is 4.70. The van der Waals surface area contributed by atoms with E-state index in [1.807, 2.05) is 12.1 Å². The summed E-state index contributed by atoms with van der Waals surface area (Å²) in [5, 5.41) is 3.67. The minimum atomic E-state index is 0.358. The molecule has 1 aromatic carbocycles. The van der Waals surface area contributed by atoms with Crippen molar-refractivity contribution in [2.24, 2.45) is 0 Å². The van der Waals surface area contributed by atoms with Crippen molar-refractivity contribution in [2.45, 2.75) is 32.4 Å². The number of morpholine rings is 1. The number of ether oxygens (including phenoxy) is 2. The quantitative estimate of drug-likeness (QED) is 0.837. The van der Waals surface area contributed by atoms with Gasteiger partial charge in [0.25, 0.3) is 0 Å². The van der Waals surface area contributed by atoms with Crippen LogP contribution in [0.15, 0.2) is 24.3 Å². The first kappa shape index (κ1) is 16.3. The van der Waals surface area contributed by atoms with Crippen molar-refractivity contribution in [2.75, 3.05) is 40.0 Å². The molecule has 2 unspecified atom stereocenters. The molecule has 0 spiro atoms. The normalized spacial score (nSPS) is 21.2. The number of nitrogens with one attached hydrogen (secondary N) is 1. The number of methoxy groups -OCH3 is 1. The van der Waals surface area contributed by atoms with Crippen LogP contribution in [0.3, 0.4) is 0 Å². The average Bonchev–Trinajstić information content (AvgIpc) is 2.53. The second-order valence-electron chi connectivity index (χ2n) is 5.70. The maximum Gasteiger partial charge on any atom is 0.118 e. The van der Waals surface area contributed by atoms with Crippen LogP contribution < -0.4 is 10.1 Å². The van der Waals surface area contributed by atoms with Crippen LogP contribution in [0.2, 0.25) is 0 Å². The summed E-state index contributed by atoms with van der Waals surface area (Å²) in [6.07, 6.45) is 1.14. The largest absolute Gasteiger partial charge is 0.497 e. The molecule has 2 rings (SSSR count). The summed E-state index contributed by atoms with van der Waals surface area (Å²) in [6, 6.07) is 9.26. The summed E-state index contributed by atoms with van der Waals surface area (Å²) in [4.78, 5) is 2.51. The standard InChI is InChI=1S/C17H28N2O2/c1-4-9-18-17(12-19-10-11-21-13-14(19)2)15-5-7-16(20-3)8-6-15/h5-8,14,17-18H,4,9-13H2,1-3H3. The SMILES string of the molecule is CCCNC(CN1CCOCC1C)c1ccc(OC)cc1. The van der Waals surface area contributed by atoms with Crippen LogP contribution in [0.5, 0.6) is 5.75 Å². The molecule has 0 radical (unpaired) electrons. The molecular weight excluding hydrogens is 264 g/mol. The molecule has 1 N–H and O–H groups in total. The molecule has 1 aromatic rings. The molecule has 1 saturated heterocycles. The summed E-state index contributed by atoms with van der Waals surface area (Å²) >= 11 is 0. The van der Waals surface area contributed by atoms with E-state index in [1.165, 1.54) is 5.56 Å². The number of hydrogen-bond acceptors (Lipinski definition) is 4. The van der Waals surface area contributed by atoms with Crippen LogP contribution in [0.4, 0.5) is 0 Å². The molecule has 21 heavy (non-hydrogen) atoms. The van der Waals surface area contributed by atoms with Gasteiger partial charge in [-0.25, -0.2) is 0 Å². The van der Waals surface area contributed by atoms with Crippen molar-refractivity contribution < 1.29 is 9.47 Å².